The van der Waals surface area contributed by atoms with Gasteiger partial charge in [-0.05, 0) is 23.8 Å². The third-order valence-electron chi connectivity index (χ3n) is 3.60. The molecule has 0 fully saturated rings. The highest BCUT2D eigenvalue weighted by molar-refractivity contribution is 5.62. The molecule has 3 rings (SSSR count). The number of anilines is 1. The Morgan fingerprint density at radius 2 is 1.96 bits per heavy atom. The van der Waals surface area contributed by atoms with Crippen LogP contribution >= 0.6 is 0 Å². The van der Waals surface area contributed by atoms with Gasteiger partial charge in [-0.2, -0.15) is 0 Å². The van der Waals surface area contributed by atoms with Crippen molar-refractivity contribution in [2.45, 2.75) is 6.54 Å². The van der Waals surface area contributed by atoms with E-state index in [1.54, 1.807) is 13.2 Å². The van der Waals surface area contributed by atoms with Gasteiger partial charge in [0, 0.05) is 18.7 Å². The van der Waals surface area contributed by atoms with Crippen LogP contribution in [-0.2, 0) is 6.54 Å². The monoisotopic (exact) mass is 332 g/mol. The van der Waals surface area contributed by atoms with E-state index >= 15 is 0 Å². The van der Waals surface area contributed by atoms with Crippen LogP contribution in [0, 0.1) is 10.1 Å². The van der Waals surface area contributed by atoms with Gasteiger partial charge in [0.05, 0.1) is 24.8 Å². The Bertz CT molecular complexity index is 777. The molecule has 0 aromatic heterocycles. The lowest BCUT2D eigenvalue weighted by Crippen LogP contribution is -2.03. The summed E-state index contributed by atoms with van der Waals surface area (Å²) < 4.78 is 21.3. The van der Waals surface area contributed by atoms with Gasteiger partial charge in [-0.3, -0.25) is 10.1 Å². The van der Waals surface area contributed by atoms with Crippen LogP contribution < -0.4 is 24.3 Å². The normalized spacial score (nSPS) is 11.9. The van der Waals surface area contributed by atoms with E-state index < -0.39 is 4.92 Å². The number of fused-ring (bicyclic) bond motifs is 1. The molecule has 0 bridgehead atoms. The fourth-order valence-corrected chi connectivity index (χ4v) is 2.43. The Morgan fingerprint density at radius 3 is 2.67 bits per heavy atom. The number of hydrogen-bond acceptors (Lipinski definition) is 7. The summed E-state index contributed by atoms with van der Waals surface area (Å²) in [5.74, 6) is 2.28. The average Bonchev–Trinajstić information content (AvgIpc) is 3.07. The summed E-state index contributed by atoms with van der Waals surface area (Å²) in [4.78, 5) is 10.5. The fraction of sp³-hybridized carbons (Fsp3) is 0.250. The first-order valence-electron chi connectivity index (χ1n) is 7.15. The van der Waals surface area contributed by atoms with Gasteiger partial charge in [0.2, 0.25) is 12.5 Å². The van der Waals surface area contributed by atoms with Crippen molar-refractivity contribution in [1.82, 2.24) is 0 Å². The van der Waals surface area contributed by atoms with E-state index in [2.05, 4.69) is 5.32 Å². The first-order valence-corrected chi connectivity index (χ1v) is 7.15. The van der Waals surface area contributed by atoms with Crippen LogP contribution in [0.4, 0.5) is 11.4 Å². The number of nitrogens with one attached hydrogen (secondary N) is 1. The molecule has 0 atom stereocenters. The molecule has 0 radical (unpaired) electrons. The maximum atomic E-state index is 10.9. The second-order valence-electron chi connectivity index (χ2n) is 5.03. The first kappa shape index (κ1) is 15.7. The van der Waals surface area contributed by atoms with Gasteiger partial charge in [-0.15, -0.1) is 0 Å². The Morgan fingerprint density at radius 1 is 1.17 bits per heavy atom. The lowest BCUT2D eigenvalue weighted by atomic mass is 10.1. The average molecular weight is 332 g/mol. The van der Waals surface area contributed by atoms with Crippen molar-refractivity contribution >= 4 is 11.4 Å². The van der Waals surface area contributed by atoms with E-state index in [1.165, 1.54) is 19.2 Å². The van der Waals surface area contributed by atoms with E-state index in [1.807, 2.05) is 12.1 Å². The molecule has 126 valence electrons. The molecule has 8 heteroatoms. The summed E-state index contributed by atoms with van der Waals surface area (Å²) in [6.45, 7) is 0.561. The minimum atomic E-state index is -0.450. The van der Waals surface area contributed by atoms with Crippen molar-refractivity contribution in [1.29, 1.82) is 0 Å². The summed E-state index contributed by atoms with van der Waals surface area (Å²) >= 11 is 0. The van der Waals surface area contributed by atoms with E-state index in [4.69, 9.17) is 18.9 Å². The zero-order valence-corrected chi connectivity index (χ0v) is 13.2. The summed E-state index contributed by atoms with van der Waals surface area (Å²) in [6, 6.07) is 8.05. The highest BCUT2D eigenvalue weighted by Crippen LogP contribution is 2.42. The smallest absolute Gasteiger partial charge is 0.271 e. The molecule has 24 heavy (non-hydrogen) atoms. The molecule has 0 unspecified atom stereocenters. The summed E-state index contributed by atoms with van der Waals surface area (Å²) in [6.07, 6.45) is 0. The standard InChI is InChI=1S/C16H16N2O6/c1-21-13-4-3-11(18(19)20)7-12(13)17-8-10-5-14(22-2)16-15(6-10)23-9-24-16/h3-7,17H,8-9H2,1-2H3. The zero-order valence-electron chi connectivity index (χ0n) is 13.2. The molecular weight excluding hydrogens is 316 g/mol. The minimum absolute atomic E-state index is 0.0124. The molecule has 0 saturated carbocycles. The van der Waals surface area contributed by atoms with Crippen LogP contribution in [0.5, 0.6) is 23.0 Å². The number of ether oxygens (including phenoxy) is 4. The second-order valence-corrected chi connectivity index (χ2v) is 5.03. The summed E-state index contributed by atoms with van der Waals surface area (Å²) in [7, 11) is 3.06. The number of rotatable bonds is 6. The summed E-state index contributed by atoms with van der Waals surface area (Å²) in [5.41, 5.74) is 1.40. The second kappa shape index (κ2) is 6.53. The van der Waals surface area contributed by atoms with Crippen molar-refractivity contribution in [2.24, 2.45) is 0 Å². The van der Waals surface area contributed by atoms with Crippen LogP contribution in [0.1, 0.15) is 5.56 Å². The number of nitro benzene ring substituents is 1. The van der Waals surface area contributed by atoms with Crippen LogP contribution in [0.3, 0.4) is 0 Å². The molecule has 1 aliphatic rings. The third-order valence-corrected chi connectivity index (χ3v) is 3.60. The van der Waals surface area contributed by atoms with Crippen LogP contribution in [0.2, 0.25) is 0 Å². The Hall–Kier alpha value is -3.16. The number of hydrogen-bond donors (Lipinski definition) is 1. The number of benzene rings is 2. The molecule has 2 aromatic carbocycles. The zero-order chi connectivity index (χ0) is 17.1. The van der Waals surface area contributed by atoms with Gasteiger partial charge in [0.15, 0.2) is 11.5 Å². The van der Waals surface area contributed by atoms with Crippen molar-refractivity contribution in [3.63, 3.8) is 0 Å². The third kappa shape index (κ3) is 2.98. The van der Waals surface area contributed by atoms with Gasteiger partial charge in [-0.1, -0.05) is 0 Å². The van der Waals surface area contributed by atoms with Gasteiger partial charge in [-0.25, -0.2) is 0 Å². The van der Waals surface area contributed by atoms with Gasteiger partial charge < -0.3 is 24.3 Å². The molecule has 0 aliphatic carbocycles. The molecule has 0 saturated heterocycles. The largest absolute Gasteiger partial charge is 0.495 e. The lowest BCUT2D eigenvalue weighted by molar-refractivity contribution is -0.384. The van der Waals surface area contributed by atoms with Crippen molar-refractivity contribution in [3.05, 3.63) is 46.0 Å². The van der Waals surface area contributed by atoms with Crippen molar-refractivity contribution in [2.75, 3.05) is 26.3 Å². The molecule has 2 aromatic rings. The molecule has 8 nitrogen and oxygen atoms in total. The SMILES string of the molecule is COc1ccc([N+](=O)[O-])cc1NCc1cc(OC)c2c(c1)OCO2. The van der Waals surface area contributed by atoms with E-state index in [9.17, 15) is 10.1 Å². The van der Waals surface area contributed by atoms with E-state index in [-0.39, 0.29) is 12.5 Å². The highest BCUT2D eigenvalue weighted by atomic mass is 16.7. The predicted octanol–water partition coefficient (Wildman–Crippen LogP) is 2.95. The number of nitro groups is 1. The van der Waals surface area contributed by atoms with Crippen LogP contribution in [-0.4, -0.2) is 25.9 Å². The lowest BCUT2D eigenvalue weighted by Gasteiger charge is -2.12. The topological polar surface area (TPSA) is 92.1 Å². The quantitative estimate of drug-likeness (QED) is 0.642. The molecule has 1 aliphatic heterocycles. The van der Waals surface area contributed by atoms with Crippen LogP contribution in [0.25, 0.3) is 0 Å². The highest BCUT2D eigenvalue weighted by Gasteiger charge is 2.20. The Balaban J connectivity index is 1.83. The van der Waals surface area contributed by atoms with Crippen molar-refractivity contribution in [3.8, 4) is 23.0 Å². The van der Waals surface area contributed by atoms with Crippen molar-refractivity contribution < 1.29 is 23.9 Å². The van der Waals surface area contributed by atoms with Gasteiger partial charge in [0.25, 0.3) is 5.69 Å². The molecular formula is C16H16N2O6. The first-order chi connectivity index (χ1) is 11.6. The maximum absolute atomic E-state index is 10.9. The molecule has 1 N–H and O–H groups in total. The number of methoxy groups -OCH3 is 2. The van der Waals surface area contributed by atoms with E-state index in [0.29, 0.717) is 35.2 Å². The van der Waals surface area contributed by atoms with Gasteiger partial charge >= 0.3 is 0 Å². The molecule has 0 amide bonds. The Labute approximate surface area is 138 Å². The molecule has 1 heterocycles. The number of nitrogens with zero attached hydrogens (tertiary/aromatic N) is 1. The van der Waals surface area contributed by atoms with E-state index in [0.717, 1.165) is 5.56 Å². The fourth-order valence-electron chi connectivity index (χ4n) is 2.43. The predicted molar refractivity (Wildman–Crippen MR) is 86.1 cm³/mol. The summed E-state index contributed by atoms with van der Waals surface area (Å²) in [5, 5.41) is 14.1. The minimum Gasteiger partial charge on any atom is -0.495 e. The molecule has 0 spiro atoms. The maximum Gasteiger partial charge on any atom is 0.271 e. The number of non-ortho nitro benzene ring substituents is 1. The van der Waals surface area contributed by atoms with Crippen LogP contribution in [0.15, 0.2) is 30.3 Å². The Kier molecular flexibility index (Phi) is 4.28. The van der Waals surface area contributed by atoms with Gasteiger partial charge in [0.1, 0.15) is 5.75 Å².